The van der Waals surface area contributed by atoms with E-state index in [1.807, 2.05) is 31.2 Å². The summed E-state index contributed by atoms with van der Waals surface area (Å²) < 4.78 is 17.1. The molecule has 106 valence electrons. The molecule has 0 N–H and O–H groups in total. The molecule has 1 aromatic rings. The highest BCUT2D eigenvalue weighted by atomic mass is 32.2. The summed E-state index contributed by atoms with van der Waals surface area (Å²) in [7, 11) is 0.128. The standard InChI is InChI=1S/C15H22O3S/c1-4-5-10-14(15(16)18-3)19(17)11-13-9-7-6-8-12(13)2/h6-9,14H,4-5,10-11H2,1-3H3. The van der Waals surface area contributed by atoms with Crippen LogP contribution in [-0.4, -0.2) is 22.5 Å². The number of unbranched alkanes of at least 4 members (excludes halogenated alkanes) is 1. The van der Waals surface area contributed by atoms with Crippen molar-refractivity contribution in [1.82, 2.24) is 0 Å². The lowest BCUT2D eigenvalue weighted by atomic mass is 10.1. The Balaban J connectivity index is 2.77. The molecule has 0 radical (unpaired) electrons. The van der Waals surface area contributed by atoms with E-state index >= 15 is 0 Å². The fourth-order valence-corrected chi connectivity index (χ4v) is 3.48. The number of methoxy groups -OCH3 is 1. The number of hydrogen-bond donors (Lipinski definition) is 0. The molecule has 2 unspecified atom stereocenters. The molecule has 1 rings (SSSR count). The first-order valence-corrected chi connectivity index (χ1v) is 7.97. The quantitative estimate of drug-likeness (QED) is 0.722. The summed E-state index contributed by atoms with van der Waals surface area (Å²) in [5.74, 6) is 0.0521. The number of esters is 1. The van der Waals surface area contributed by atoms with E-state index in [0.29, 0.717) is 12.2 Å². The lowest BCUT2D eigenvalue weighted by Gasteiger charge is -2.14. The maximum atomic E-state index is 12.4. The molecular weight excluding hydrogens is 260 g/mol. The van der Waals surface area contributed by atoms with Gasteiger partial charge in [-0.3, -0.25) is 9.00 Å². The Morgan fingerprint density at radius 1 is 1.37 bits per heavy atom. The largest absolute Gasteiger partial charge is 0.468 e. The van der Waals surface area contributed by atoms with Crippen molar-refractivity contribution >= 4 is 16.8 Å². The molecule has 2 atom stereocenters. The summed E-state index contributed by atoms with van der Waals surface area (Å²) in [5, 5.41) is -0.510. The molecule has 0 bridgehead atoms. The summed E-state index contributed by atoms with van der Waals surface area (Å²) in [6.45, 7) is 4.05. The maximum absolute atomic E-state index is 12.4. The predicted octanol–water partition coefficient (Wildman–Crippen LogP) is 2.98. The first kappa shape index (κ1) is 15.9. The van der Waals surface area contributed by atoms with E-state index in [1.54, 1.807) is 0 Å². The molecular formula is C15H22O3S. The number of aryl methyl sites for hydroxylation is 1. The Morgan fingerprint density at radius 2 is 2.05 bits per heavy atom. The molecule has 4 heteroatoms. The minimum Gasteiger partial charge on any atom is -0.468 e. The van der Waals surface area contributed by atoms with Crippen LogP contribution in [-0.2, 0) is 26.1 Å². The van der Waals surface area contributed by atoms with Crippen molar-refractivity contribution in [2.24, 2.45) is 0 Å². The second-order valence-corrected chi connectivity index (χ2v) is 6.22. The van der Waals surface area contributed by atoms with Crippen LogP contribution in [0.5, 0.6) is 0 Å². The van der Waals surface area contributed by atoms with Gasteiger partial charge in [-0.1, -0.05) is 44.0 Å². The lowest BCUT2D eigenvalue weighted by Crippen LogP contribution is -2.28. The van der Waals surface area contributed by atoms with Crippen LogP contribution in [0.1, 0.15) is 37.3 Å². The van der Waals surface area contributed by atoms with Gasteiger partial charge >= 0.3 is 5.97 Å². The summed E-state index contributed by atoms with van der Waals surface area (Å²) in [6.07, 6.45) is 2.50. The average molecular weight is 282 g/mol. The van der Waals surface area contributed by atoms with Crippen LogP contribution in [0.25, 0.3) is 0 Å². The van der Waals surface area contributed by atoms with Gasteiger partial charge in [0.15, 0.2) is 0 Å². The number of rotatable bonds is 7. The van der Waals surface area contributed by atoms with Crippen molar-refractivity contribution in [2.45, 2.75) is 44.1 Å². The molecule has 0 spiro atoms. The minimum atomic E-state index is -1.23. The number of ether oxygens (including phenoxy) is 1. The van der Waals surface area contributed by atoms with Gasteiger partial charge < -0.3 is 4.74 Å². The molecule has 0 amide bonds. The first-order valence-electron chi connectivity index (χ1n) is 6.59. The summed E-state index contributed by atoms with van der Waals surface area (Å²) >= 11 is 0. The Morgan fingerprint density at radius 3 is 2.63 bits per heavy atom. The van der Waals surface area contributed by atoms with Gasteiger partial charge in [0.2, 0.25) is 0 Å². The molecule has 0 aliphatic rings. The third-order valence-electron chi connectivity index (χ3n) is 3.16. The average Bonchev–Trinajstić information content (AvgIpc) is 2.41. The maximum Gasteiger partial charge on any atom is 0.321 e. The summed E-state index contributed by atoms with van der Waals surface area (Å²) in [6, 6.07) is 7.84. The Bertz CT molecular complexity index is 443. The van der Waals surface area contributed by atoms with E-state index in [9.17, 15) is 9.00 Å². The van der Waals surface area contributed by atoms with E-state index < -0.39 is 16.0 Å². The highest BCUT2D eigenvalue weighted by molar-refractivity contribution is 7.85. The van der Waals surface area contributed by atoms with Crippen molar-refractivity contribution in [1.29, 1.82) is 0 Å². The van der Waals surface area contributed by atoms with E-state index in [1.165, 1.54) is 7.11 Å². The van der Waals surface area contributed by atoms with E-state index in [4.69, 9.17) is 4.74 Å². The van der Waals surface area contributed by atoms with Crippen molar-refractivity contribution in [3.8, 4) is 0 Å². The third kappa shape index (κ3) is 4.78. The van der Waals surface area contributed by atoms with Crippen molar-refractivity contribution in [2.75, 3.05) is 7.11 Å². The van der Waals surface area contributed by atoms with Crippen LogP contribution >= 0.6 is 0 Å². The van der Waals surface area contributed by atoms with Gasteiger partial charge in [0.1, 0.15) is 5.25 Å². The number of carbonyl (C=O) groups is 1. The van der Waals surface area contributed by atoms with Crippen molar-refractivity contribution < 1.29 is 13.7 Å². The van der Waals surface area contributed by atoms with Crippen LogP contribution in [0.3, 0.4) is 0 Å². The van der Waals surface area contributed by atoms with Crippen LogP contribution in [0.2, 0.25) is 0 Å². The summed E-state index contributed by atoms with van der Waals surface area (Å²) in [4.78, 5) is 11.7. The smallest absolute Gasteiger partial charge is 0.321 e. The zero-order valence-corrected chi connectivity index (χ0v) is 12.7. The second-order valence-electron chi connectivity index (χ2n) is 4.61. The van der Waals surface area contributed by atoms with Crippen LogP contribution in [0, 0.1) is 6.92 Å². The van der Waals surface area contributed by atoms with E-state index in [0.717, 1.165) is 24.0 Å². The Kier molecular flexibility index (Phi) is 6.78. The summed E-state index contributed by atoms with van der Waals surface area (Å²) in [5.41, 5.74) is 2.14. The number of benzene rings is 1. The predicted molar refractivity (Wildman–Crippen MR) is 78.4 cm³/mol. The fraction of sp³-hybridized carbons (Fsp3) is 0.533. The highest BCUT2D eigenvalue weighted by Gasteiger charge is 2.25. The van der Waals surface area contributed by atoms with Gasteiger partial charge in [-0.05, 0) is 24.5 Å². The molecule has 0 aromatic heterocycles. The van der Waals surface area contributed by atoms with Crippen molar-refractivity contribution in [3.63, 3.8) is 0 Å². The van der Waals surface area contributed by atoms with Gasteiger partial charge in [-0.15, -0.1) is 0 Å². The van der Waals surface area contributed by atoms with Gasteiger partial charge in [-0.25, -0.2) is 0 Å². The molecule has 0 aliphatic carbocycles. The molecule has 3 nitrogen and oxygen atoms in total. The molecule has 0 fully saturated rings. The molecule has 19 heavy (non-hydrogen) atoms. The molecule has 0 saturated heterocycles. The molecule has 0 heterocycles. The van der Waals surface area contributed by atoms with Gasteiger partial charge in [-0.2, -0.15) is 0 Å². The topological polar surface area (TPSA) is 43.4 Å². The van der Waals surface area contributed by atoms with Crippen LogP contribution in [0.15, 0.2) is 24.3 Å². The molecule has 0 saturated carbocycles. The molecule has 0 aliphatic heterocycles. The minimum absolute atomic E-state index is 0.361. The third-order valence-corrected chi connectivity index (χ3v) is 4.82. The van der Waals surface area contributed by atoms with Crippen LogP contribution in [0.4, 0.5) is 0 Å². The monoisotopic (exact) mass is 282 g/mol. The SMILES string of the molecule is CCCCC(C(=O)OC)S(=O)Cc1ccccc1C. The zero-order chi connectivity index (χ0) is 14.3. The Hall–Kier alpha value is -1.16. The lowest BCUT2D eigenvalue weighted by molar-refractivity contribution is -0.140. The molecule has 1 aromatic carbocycles. The van der Waals surface area contributed by atoms with E-state index in [2.05, 4.69) is 6.92 Å². The highest BCUT2D eigenvalue weighted by Crippen LogP contribution is 2.16. The Labute approximate surface area is 117 Å². The van der Waals surface area contributed by atoms with Crippen LogP contribution < -0.4 is 0 Å². The number of hydrogen-bond acceptors (Lipinski definition) is 3. The van der Waals surface area contributed by atoms with Crippen molar-refractivity contribution in [3.05, 3.63) is 35.4 Å². The second kappa shape index (κ2) is 8.10. The normalized spacial score (nSPS) is 13.8. The van der Waals surface area contributed by atoms with E-state index in [-0.39, 0.29) is 5.97 Å². The fourth-order valence-electron chi connectivity index (χ4n) is 1.90. The number of carbonyl (C=O) groups excluding carboxylic acids is 1. The first-order chi connectivity index (χ1) is 9.10. The van der Waals surface area contributed by atoms with Gasteiger partial charge in [0.05, 0.1) is 7.11 Å². The zero-order valence-electron chi connectivity index (χ0n) is 11.8. The van der Waals surface area contributed by atoms with Gasteiger partial charge in [0, 0.05) is 16.6 Å². The van der Waals surface area contributed by atoms with Gasteiger partial charge in [0.25, 0.3) is 0 Å².